The second kappa shape index (κ2) is 7.68. The second-order valence-corrected chi connectivity index (χ2v) is 5.81. The van der Waals surface area contributed by atoms with Crippen LogP contribution in [0.1, 0.15) is 20.8 Å². The highest BCUT2D eigenvalue weighted by Crippen LogP contribution is 2.19. The number of amides is 3. The van der Waals surface area contributed by atoms with E-state index >= 15 is 0 Å². The van der Waals surface area contributed by atoms with Crippen LogP contribution in [0, 0.1) is 0 Å². The van der Waals surface area contributed by atoms with Gasteiger partial charge < -0.3 is 20.4 Å². The van der Waals surface area contributed by atoms with Gasteiger partial charge in [-0.15, -0.1) is 0 Å². The SMILES string of the molecule is CC(C)N(C)c1cccc(NC(=O)N[C@@H](C)C(=O)N(C)C)c1. The van der Waals surface area contributed by atoms with E-state index in [1.54, 1.807) is 21.0 Å². The van der Waals surface area contributed by atoms with Crippen molar-refractivity contribution in [1.29, 1.82) is 0 Å². The number of carbonyl (C=O) groups excluding carboxylic acids is 2. The molecule has 0 aliphatic carbocycles. The fraction of sp³-hybridized carbons (Fsp3) is 0.500. The molecule has 0 radical (unpaired) electrons. The van der Waals surface area contributed by atoms with Crippen LogP contribution in [0.2, 0.25) is 0 Å². The Morgan fingerprint density at radius 1 is 1.09 bits per heavy atom. The van der Waals surface area contributed by atoms with Gasteiger partial charge in [-0.1, -0.05) is 6.07 Å². The molecular weight excluding hydrogens is 280 g/mol. The molecule has 6 nitrogen and oxygen atoms in total. The third-order valence-corrected chi connectivity index (χ3v) is 3.44. The monoisotopic (exact) mass is 306 g/mol. The van der Waals surface area contributed by atoms with Gasteiger partial charge in [0.25, 0.3) is 0 Å². The van der Waals surface area contributed by atoms with Crippen molar-refractivity contribution >= 4 is 23.3 Å². The van der Waals surface area contributed by atoms with Crippen LogP contribution in [0.4, 0.5) is 16.2 Å². The molecule has 0 bridgehead atoms. The van der Waals surface area contributed by atoms with Gasteiger partial charge in [0.1, 0.15) is 6.04 Å². The van der Waals surface area contributed by atoms with Gasteiger partial charge in [0.2, 0.25) is 5.91 Å². The van der Waals surface area contributed by atoms with Crippen molar-refractivity contribution in [2.45, 2.75) is 32.9 Å². The summed E-state index contributed by atoms with van der Waals surface area (Å²) in [6, 6.07) is 6.98. The van der Waals surface area contributed by atoms with Crippen molar-refractivity contribution in [1.82, 2.24) is 10.2 Å². The number of likely N-dealkylation sites (N-methyl/N-ethyl adjacent to an activating group) is 1. The molecule has 0 unspecified atom stereocenters. The van der Waals surface area contributed by atoms with E-state index in [2.05, 4.69) is 29.4 Å². The zero-order valence-corrected chi connectivity index (χ0v) is 14.2. The molecule has 3 amide bonds. The molecule has 1 atom stereocenters. The molecule has 122 valence electrons. The highest BCUT2D eigenvalue weighted by molar-refractivity contribution is 5.93. The minimum atomic E-state index is -0.573. The number of hydrogen-bond donors (Lipinski definition) is 2. The van der Waals surface area contributed by atoms with E-state index in [0.29, 0.717) is 11.7 Å². The molecule has 1 aromatic rings. The van der Waals surface area contributed by atoms with Gasteiger partial charge in [-0.05, 0) is 39.0 Å². The molecule has 0 fully saturated rings. The summed E-state index contributed by atoms with van der Waals surface area (Å²) in [6.45, 7) is 5.85. The summed E-state index contributed by atoms with van der Waals surface area (Å²) in [5.41, 5.74) is 1.71. The van der Waals surface area contributed by atoms with Crippen LogP contribution < -0.4 is 15.5 Å². The zero-order chi connectivity index (χ0) is 16.9. The van der Waals surface area contributed by atoms with Gasteiger partial charge in [0.15, 0.2) is 0 Å². The van der Waals surface area contributed by atoms with Gasteiger partial charge in [-0.3, -0.25) is 4.79 Å². The number of benzene rings is 1. The van der Waals surface area contributed by atoms with E-state index in [1.165, 1.54) is 4.90 Å². The van der Waals surface area contributed by atoms with Crippen LogP contribution >= 0.6 is 0 Å². The minimum absolute atomic E-state index is 0.150. The van der Waals surface area contributed by atoms with Crippen molar-refractivity contribution in [2.75, 3.05) is 31.4 Å². The maximum Gasteiger partial charge on any atom is 0.319 e. The Labute approximate surface area is 132 Å². The Balaban J connectivity index is 2.69. The van der Waals surface area contributed by atoms with Crippen LogP contribution in [0.15, 0.2) is 24.3 Å². The number of anilines is 2. The smallest absolute Gasteiger partial charge is 0.319 e. The molecular formula is C16H26N4O2. The fourth-order valence-corrected chi connectivity index (χ4v) is 1.91. The van der Waals surface area contributed by atoms with Crippen molar-refractivity contribution < 1.29 is 9.59 Å². The van der Waals surface area contributed by atoms with E-state index in [9.17, 15) is 9.59 Å². The lowest BCUT2D eigenvalue weighted by molar-refractivity contribution is -0.130. The Bertz CT molecular complexity index is 529. The maximum atomic E-state index is 12.0. The molecule has 0 aliphatic rings. The first-order valence-electron chi connectivity index (χ1n) is 7.34. The van der Waals surface area contributed by atoms with E-state index in [1.807, 2.05) is 31.3 Å². The highest BCUT2D eigenvalue weighted by Gasteiger charge is 2.17. The number of rotatable bonds is 5. The summed E-state index contributed by atoms with van der Waals surface area (Å²) in [5, 5.41) is 5.38. The number of hydrogen-bond acceptors (Lipinski definition) is 3. The topological polar surface area (TPSA) is 64.7 Å². The van der Waals surface area contributed by atoms with E-state index in [4.69, 9.17) is 0 Å². The molecule has 1 rings (SSSR count). The Kier molecular flexibility index (Phi) is 6.22. The van der Waals surface area contributed by atoms with Crippen LogP contribution in [0.3, 0.4) is 0 Å². The summed E-state index contributed by atoms with van der Waals surface area (Å²) >= 11 is 0. The first-order valence-corrected chi connectivity index (χ1v) is 7.34. The summed E-state index contributed by atoms with van der Waals surface area (Å²) in [4.78, 5) is 27.2. The highest BCUT2D eigenvalue weighted by atomic mass is 16.2. The van der Waals surface area contributed by atoms with Gasteiger partial charge in [-0.25, -0.2) is 4.79 Å². The normalized spacial score (nSPS) is 11.8. The molecule has 6 heteroatoms. The molecule has 0 heterocycles. The fourth-order valence-electron chi connectivity index (χ4n) is 1.91. The van der Waals surface area contributed by atoms with Gasteiger partial charge in [0.05, 0.1) is 0 Å². The molecule has 0 saturated heterocycles. The second-order valence-electron chi connectivity index (χ2n) is 5.81. The van der Waals surface area contributed by atoms with Gasteiger partial charge in [0, 0.05) is 38.6 Å². The quantitative estimate of drug-likeness (QED) is 0.876. The van der Waals surface area contributed by atoms with Crippen LogP contribution in [0.5, 0.6) is 0 Å². The molecule has 0 spiro atoms. The zero-order valence-electron chi connectivity index (χ0n) is 14.2. The summed E-state index contributed by atoms with van der Waals surface area (Å²) < 4.78 is 0. The van der Waals surface area contributed by atoms with E-state index < -0.39 is 12.1 Å². The summed E-state index contributed by atoms with van der Waals surface area (Å²) in [5.74, 6) is -0.150. The molecule has 22 heavy (non-hydrogen) atoms. The van der Waals surface area contributed by atoms with Crippen molar-refractivity contribution in [2.24, 2.45) is 0 Å². The van der Waals surface area contributed by atoms with E-state index in [0.717, 1.165) is 5.69 Å². The average Bonchev–Trinajstić information content (AvgIpc) is 2.45. The lowest BCUT2D eigenvalue weighted by Crippen LogP contribution is -2.45. The lowest BCUT2D eigenvalue weighted by atomic mass is 10.2. The lowest BCUT2D eigenvalue weighted by Gasteiger charge is -2.24. The Morgan fingerprint density at radius 2 is 1.73 bits per heavy atom. The number of carbonyl (C=O) groups is 2. The van der Waals surface area contributed by atoms with Crippen molar-refractivity contribution in [3.8, 4) is 0 Å². The molecule has 1 aromatic carbocycles. The predicted molar refractivity (Wildman–Crippen MR) is 90.3 cm³/mol. The first-order chi connectivity index (χ1) is 10.2. The number of nitrogens with zero attached hydrogens (tertiary/aromatic N) is 2. The summed E-state index contributed by atoms with van der Waals surface area (Å²) in [6.07, 6.45) is 0. The molecule has 0 aliphatic heterocycles. The third kappa shape index (κ3) is 4.95. The minimum Gasteiger partial charge on any atom is -0.372 e. The number of urea groups is 1. The Hall–Kier alpha value is -2.24. The molecule has 0 saturated carbocycles. The van der Waals surface area contributed by atoms with Crippen molar-refractivity contribution in [3.63, 3.8) is 0 Å². The maximum absolute atomic E-state index is 12.0. The third-order valence-electron chi connectivity index (χ3n) is 3.44. The molecule has 0 aromatic heterocycles. The van der Waals surface area contributed by atoms with Gasteiger partial charge in [-0.2, -0.15) is 0 Å². The van der Waals surface area contributed by atoms with Gasteiger partial charge >= 0.3 is 6.03 Å². The standard InChI is InChI=1S/C16H26N4O2/c1-11(2)20(6)14-9-7-8-13(10-14)18-16(22)17-12(3)15(21)19(4)5/h7-12H,1-6H3,(H2,17,18,22)/t12-/m0/s1. The number of nitrogens with one attached hydrogen (secondary N) is 2. The Morgan fingerprint density at radius 3 is 2.27 bits per heavy atom. The van der Waals surface area contributed by atoms with Crippen LogP contribution in [-0.2, 0) is 4.79 Å². The predicted octanol–water partition coefficient (Wildman–Crippen LogP) is 2.13. The largest absolute Gasteiger partial charge is 0.372 e. The van der Waals surface area contributed by atoms with E-state index in [-0.39, 0.29) is 5.91 Å². The van der Waals surface area contributed by atoms with Crippen LogP contribution in [-0.4, -0.2) is 50.1 Å². The van der Waals surface area contributed by atoms with Crippen LogP contribution in [0.25, 0.3) is 0 Å². The summed E-state index contributed by atoms with van der Waals surface area (Å²) in [7, 11) is 5.31. The first kappa shape index (κ1) is 17.8. The molecule has 2 N–H and O–H groups in total. The van der Waals surface area contributed by atoms with Crippen molar-refractivity contribution in [3.05, 3.63) is 24.3 Å². The average molecular weight is 306 g/mol.